The van der Waals surface area contributed by atoms with Crippen molar-refractivity contribution < 1.29 is 14.6 Å². The molecular formula is C22H25N3O3. The fourth-order valence-electron chi connectivity index (χ4n) is 3.73. The summed E-state index contributed by atoms with van der Waals surface area (Å²) in [5, 5.41) is 19.3. The molecule has 2 aromatic rings. The molecule has 1 saturated heterocycles. The van der Waals surface area contributed by atoms with Gasteiger partial charge in [-0.1, -0.05) is 18.2 Å². The van der Waals surface area contributed by atoms with Crippen molar-refractivity contribution in [3.05, 3.63) is 54.1 Å². The normalized spacial score (nSPS) is 16.5. The van der Waals surface area contributed by atoms with Gasteiger partial charge in [-0.2, -0.15) is 5.26 Å². The van der Waals surface area contributed by atoms with Crippen molar-refractivity contribution in [2.45, 2.75) is 38.8 Å². The predicted octanol–water partition coefficient (Wildman–Crippen LogP) is 4.71. The molecule has 1 heterocycles. The van der Waals surface area contributed by atoms with Gasteiger partial charge in [0.2, 0.25) is 0 Å². The van der Waals surface area contributed by atoms with Crippen molar-refractivity contribution in [2.75, 3.05) is 18.0 Å². The molecule has 28 heavy (non-hydrogen) atoms. The van der Waals surface area contributed by atoms with Crippen molar-refractivity contribution in [3.63, 3.8) is 0 Å². The molecule has 0 unspecified atom stereocenters. The van der Waals surface area contributed by atoms with E-state index in [2.05, 4.69) is 11.0 Å². The van der Waals surface area contributed by atoms with Gasteiger partial charge in [0, 0.05) is 24.7 Å². The number of anilines is 1. The topological polar surface area (TPSA) is 76.8 Å². The van der Waals surface area contributed by atoms with Crippen molar-refractivity contribution in [1.82, 2.24) is 4.90 Å². The fourth-order valence-corrected chi connectivity index (χ4v) is 3.73. The zero-order valence-corrected chi connectivity index (χ0v) is 16.4. The minimum absolute atomic E-state index is 0.107. The van der Waals surface area contributed by atoms with E-state index in [4.69, 9.17) is 4.74 Å². The Morgan fingerprint density at radius 1 is 1.21 bits per heavy atom. The van der Waals surface area contributed by atoms with Gasteiger partial charge in [-0.05, 0) is 51.5 Å². The average molecular weight is 379 g/mol. The zero-order chi connectivity index (χ0) is 20.3. The lowest BCUT2D eigenvalue weighted by Gasteiger charge is -2.38. The van der Waals surface area contributed by atoms with Crippen LogP contribution in [0, 0.1) is 11.3 Å². The van der Waals surface area contributed by atoms with Crippen molar-refractivity contribution in [2.24, 2.45) is 0 Å². The molecule has 6 nitrogen and oxygen atoms in total. The molecule has 6 heteroatoms. The molecule has 146 valence electrons. The molecule has 0 spiro atoms. The molecule has 1 aliphatic heterocycles. The second kappa shape index (κ2) is 7.81. The third-order valence-electron chi connectivity index (χ3n) is 4.87. The molecule has 1 aliphatic rings. The van der Waals surface area contributed by atoms with Crippen LogP contribution in [0.15, 0.2) is 48.5 Å². The number of nitrogens with zero attached hydrogens (tertiary/aromatic N) is 3. The SMILES string of the molecule is CC(C)(C)N(C(=O)O)[C@H]1CCN(c2ccc(Oc3ccccc3)cc2C#N)C1. The molecule has 1 amide bonds. The van der Waals surface area contributed by atoms with E-state index in [1.54, 1.807) is 6.07 Å². The van der Waals surface area contributed by atoms with E-state index in [1.165, 1.54) is 4.90 Å². The van der Waals surface area contributed by atoms with Gasteiger partial charge in [0.25, 0.3) is 0 Å². The summed E-state index contributed by atoms with van der Waals surface area (Å²) in [6, 6.07) is 17.0. The Labute approximate surface area is 165 Å². The Hall–Kier alpha value is -3.20. The molecule has 0 aromatic heterocycles. The largest absolute Gasteiger partial charge is 0.465 e. The van der Waals surface area contributed by atoms with Crippen LogP contribution in [0.25, 0.3) is 0 Å². The number of para-hydroxylation sites is 1. The quantitative estimate of drug-likeness (QED) is 0.833. The monoisotopic (exact) mass is 379 g/mol. The van der Waals surface area contributed by atoms with Crippen molar-refractivity contribution >= 4 is 11.8 Å². The van der Waals surface area contributed by atoms with Gasteiger partial charge >= 0.3 is 6.09 Å². The van der Waals surface area contributed by atoms with Crippen LogP contribution in [0.5, 0.6) is 11.5 Å². The molecule has 2 aromatic carbocycles. The van der Waals surface area contributed by atoms with E-state index in [1.807, 2.05) is 63.2 Å². The summed E-state index contributed by atoms with van der Waals surface area (Å²) in [6.07, 6.45) is -0.178. The number of benzene rings is 2. The first-order chi connectivity index (χ1) is 13.3. The summed E-state index contributed by atoms with van der Waals surface area (Å²) >= 11 is 0. The second-order valence-corrected chi connectivity index (χ2v) is 7.92. The first kappa shape index (κ1) is 19.6. The molecule has 1 atom stereocenters. The highest BCUT2D eigenvalue weighted by Crippen LogP contribution is 2.32. The molecular weight excluding hydrogens is 354 g/mol. The van der Waals surface area contributed by atoms with Crippen LogP contribution < -0.4 is 9.64 Å². The first-order valence-electron chi connectivity index (χ1n) is 9.34. The molecule has 0 saturated carbocycles. The number of carbonyl (C=O) groups is 1. The van der Waals surface area contributed by atoms with Crippen LogP contribution in [0.4, 0.5) is 10.5 Å². The molecule has 1 fully saturated rings. The number of amides is 1. The van der Waals surface area contributed by atoms with Gasteiger partial charge in [-0.25, -0.2) is 4.79 Å². The number of carboxylic acid groups (broad SMARTS) is 1. The smallest absolute Gasteiger partial charge is 0.408 e. The van der Waals surface area contributed by atoms with Gasteiger partial charge in [0.1, 0.15) is 17.6 Å². The van der Waals surface area contributed by atoms with Crippen LogP contribution in [-0.4, -0.2) is 40.8 Å². The summed E-state index contributed by atoms with van der Waals surface area (Å²) < 4.78 is 5.82. The lowest BCUT2D eigenvalue weighted by atomic mass is 10.0. The average Bonchev–Trinajstić information content (AvgIpc) is 3.09. The standard InChI is InChI=1S/C22H25N3O3/c1-22(2,3)25(21(26)27)17-11-12-24(15-17)20-10-9-19(13-16(20)14-23)28-18-7-5-4-6-8-18/h4-10,13,17H,11-12,15H2,1-3H3,(H,26,27)/t17-/m0/s1. The van der Waals surface area contributed by atoms with Gasteiger partial charge in [0.15, 0.2) is 0 Å². The molecule has 0 radical (unpaired) electrons. The maximum atomic E-state index is 11.8. The molecule has 3 rings (SSSR count). The van der Waals surface area contributed by atoms with E-state index >= 15 is 0 Å². The zero-order valence-electron chi connectivity index (χ0n) is 16.4. The first-order valence-corrected chi connectivity index (χ1v) is 9.34. The van der Waals surface area contributed by atoms with Gasteiger partial charge in [0.05, 0.1) is 17.3 Å². The molecule has 0 aliphatic carbocycles. The second-order valence-electron chi connectivity index (χ2n) is 7.92. The predicted molar refractivity (Wildman–Crippen MR) is 108 cm³/mol. The van der Waals surface area contributed by atoms with E-state index in [9.17, 15) is 15.2 Å². The number of nitriles is 1. The van der Waals surface area contributed by atoms with Crippen LogP contribution in [0.3, 0.4) is 0 Å². The Morgan fingerprint density at radius 2 is 1.93 bits per heavy atom. The summed E-state index contributed by atoms with van der Waals surface area (Å²) in [6.45, 7) is 6.98. The summed E-state index contributed by atoms with van der Waals surface area (Å²) in [5.41, 5.74) is 0.856. The van der Waals surface area contributed by atoms with Gasteiger partial charge in [-0.3, -0.25) is 4.90 Å². The highest BCUT2D eigenvalue weighted by atomic mass is 16.5. The summed E-state index contributed by atoms with van der Waals surface area (Å²) in [7, 11) is 0. The van der Waals surface area contributed by atoms with E-state index in [0.29, 0.717) is 30.2 Å². The van der Waals surface area contributed by atoms with Gasteiger partial charge < -0.3 is 14.7 Å². The molecule has 0 bridgehead atoms. The number of hydrogen-bond acceptors (Lipinski definition) is 4. The van der Waals surface area contributed by atoms with E-state index < -0.39 is 11.6 Å². The highest BCUT2D eigenvalue weighted by molar-refractivity contribution is 5.67. The van der Waals surface area contributed by atoms with Gasteiger partial charge in [-0.15, -0.1) is 0 Å². The van der Waals surface area contributed by atoms with E-state index in [0.717, 1.165) is 12.1 Å². The third kappa shape index (κ3) is 4.20. The van der Waals surface area contributed by atoms with Crippen molar-refractivity contribution in [1.29, 1.82) is 5.26 Å². The summed E-state index contributed by atoms with van der Waals surface area (Å²) in [4.78, 5) is 15.4. The minimum Gasteiger partial charge on any atom is -0.465 e. The lowest BCUT2D eigenvalue weighted by Crippen LogP contribution is -2.52. The number of rotatable bonds is 4. The van der Waals surface area contributed by atoms with Crippen LogP contribution in [0.1, 0.15) is 32.8 Å². The number of ether oxygens (including phenoxy) is 1. The number of hydrogen-bond donors (Lipinski definition) is 1. The van der Waals surface area contributed by atoms with E-state index in [-0.39, 0.29) is 6.04 Å². The summed E-state index contributed by atoms with van der Waals surface area (Å²) in [5.74, 6) is 1.31. The van der Waals surface area contributed by atoms with Crippen LogP contribution in [0.2, 0.25) is 0 Å². The maximum Gasteiger partial charge on any atom is 0.408 e. The molecule has 1 N–H and O–H groups in total. The Balaban J connectivity index is 1.79. The Kier molecular flexibility index (Phi) is 5.46. The Bertz CT molecular complexity index is 884. The maximum absolute atomic E-state index is 11.8. The van der Waals surface area contributed by atoms with Crippen molar-refractivity contribution in [3.8, 4) is 17.6 Å². The lowest BCUT2D eigenvalue weighted by molar-refractivity contribution is 0.0763. The Morgan fingerprint density at radius 3 is 2.54 bits per heavy atom. The van der Waals surface area contributed by atoms with Crippen LogP contribution >= 0.6 is 0 Å². The van der Waals surface area contributed by atoms with Crippen LogP contribution in [-0.2, 0) is 0 Å². The highest BCUT2D eigenvalue weighted by Gasteiger charge is 2.37. The third-order valence-corrected chi connectivity index (χ3v) is 4.87. The minimum atomic E-state index is -0.911. The fraction of sp³-hybridized carbons (Fsp3) is 0.364.